The second-order valence-corrected chi connectivity index (χ2v) is 6.92. The first-order valence-electron chi connectivity index (χ1n) is 8.64. The molecule has 4 rings (SSSR count). The summed E-state index contributed by atoms with van der Waals surface area (Å²) in [4.78, 5) is 4.44. The normalized spacial score (nSPS) is 16.7. The van der Waals surface area contributed by atoms with Crippen molar-refractivity contribution in [2.24, 2.45) is 5.73 Å². The average Bonchev–Trinajstić information content (AvgIpc) is 3.46. The lowest BCUT2D eigenvalue weighted by atomic mass is 10.2. The Morgan fingerprint density at radius 3 is 3.07 bits per heavy atom. The van der Waals surface area contributed by atoms with Gasteiger partial charge in [-0.1, -0.05) is 23.0 Å². The van der Waals surface area contributed by atoms with Crippen LogP contribution in [0.4, 0.5) is 0 Å². The fourth-order valence-corrected chi connectivity index (χ4v) is 3.71. The van der Waals surface area contributed by atoms with Crippen LogP contribution in [-0.2, 0) is 17.0 Å². The van der Waals surface area contributed by atoms with E-state index in [0.29, 0.717) is 28.4 Å². The van der Waals surface area contributed by atoms with Gasteiger partial charge in [0.1, 0.15) is 11.9 Å². The number of methoxy groups -OCH3 is 1. The average molecular weight is 388 g/mol. The van der Waals surface area contributed by atoms with Crippen LogP contribution in [0.3, 0.4) is 0 Å². The molecule has 1 fully saturated rings. The molecule has 1 saturated heterocycles. The van der Waals surface area contributed by atoms with Gasteiger partial charge in [0.05, 0.1) is 25.1 Å². The van der Waals surface area contributed by atoms with E-state index >= 15 is 0 Å². The zero-order valence-electron chi connectivity index (χ0n) is 14.9. The second-order valence-electron chi connectivity index (χ2n) is 5.98. The number of ether oxygens (including phenoxy) is 2. The number of benzene rings is 1. The maximum atomic E-state index is 5.83. The van der Waals surface area contributed by atoms with Crippen LogP contribution in [0.15, 0.2) is 33.9 Å². The van der Waals surface area contributed by atoms with Crippen LogP contribution in [0.1, 0.15) is 36.5 Å². The number of hydrogen-bond donors (Lipinski definition) is 1. The van der Waals surface area contributed by atoms with Gasteiger partial charge < -0.3 is 19.7 Å². The standard InChI is InChI=1S/C17H20N6O3S/c1-24-12-5-2-4-11(8-12)23-15(9-18)20-21-17(23)27-10-14-19-16(26-22-14)13-6-3-7-25-13/h2,4-5,8,13H,3,6-7,9-10,18H2,1H3/t13-/m1/s1. The summed E-state index contributed by atoms with van der Waals surface area (Å²) < 4.78 is 18.1. The van der Waals surface area contributed by atoms with E-state index in [1.165, 1.54) is 11.8 Å². The Balaban J connectivity index is 1.53. The molecule has 0 aliphatic carbocycles. The van der Waals surface area contributed by atoms with Crippen molar-refractivity contribution in [2.45, 2.75) is 36.4 Å². The van der Waals surface area contributed by atoms with E-state index in [2.05, 4.69) is 20.3 Å². The lowest BCUT2D eigenvalue weighted by molar-refractivity contribution is 0.0835. The van der Waals surface area contributed by atoms with Crippen LogP contribution in [0.5, 0.6) is 5.75 Å². The number of aromatic nitrogens is 5. The number of nitrogens with zero attached hydrogens (tertiary/aromatic N) is 5. The van der Waals surface area contributed by atoms with Gasteiger partial charge in [0, 0.05) is 12.7 Å². The molecule has 0 spiro atoms. The lowest BCUT2D eigenvalue weighted by Gasteiger charge is -2.10. The summed E-state index contributed by atoms with van der Waals surface area (Å²) in [7, 11) is 1.63. The molecule has 10 heteroatoms. The Morgan fingerprint density at radius 2 is 2.30 bits per heavy atom. The highest BCUT2D eigenvalue weighted by molar-refractivity contribution is 7.98. The Hall–Kier alpha value is -2.43. The summed E-state index contributed by atoms with van der Waals surface area (Å²) in [6.07, 6.45) is 1.85. The minimum absolute atomic E-state index is 0.0828. The summed E-state index contributed by atoms with van der Waals surface area (Å²) in [6, 6.07) is 7.67. The van der Waals surface area contributed by atoms with Crippen molar-refractivity contribution in [3.8, 4) is 11.4 Å². The predicted molar refractivity (Wildman–Crippen MR) is 97.6 cm³/mol. The molecule has 3 heterocycles. The SMILES string of the molecule is COc1cccc(-n2c(CN)nnc2SCc2noc([C@H]3CCCO3)n2)c1. The van der Waals surface area contributed by atoms with E-state index in [0.717, 1.165) is 30.9 Å². The molecular weight excluding hydrogens is 368 g/mol. The van der Waals surface area contributed by atoms with E-state index in [9.17, 15) is 0 Å². The highest BCUT2D eigenvalue weighted by atomic mass is 32.2. The molecule has 1 aliphatic heterocycles. The van der Waals surface area contributed by atoms with Crippen molar-refractivity contribution < 1.29 is 14.0 Å². The van der Waals surface area contributed by atoms with Crippen LogP contribution in [0.2, 0.25) is 0 Å². The Labute approximate surface area is 160 Å². The molecule has 0 amide bonds. The Bertz CT molecular complexity index is 906. The predicted octanol–water partition coefficient (Wildman–Crippen LogP) is 2.26. The maximum absolute atomic E-state index is 5.83. The number of rotatable bonds is 7. The summed E-state index contributed by atoms with van der Waals surface area (Å²) in [5.41, 5.74) is 6.72. The summed E-state index contributed by atoms with van der Waals surface area (Å²) in [6.45, 7) is 1.01. The first-order valence-corrected chi connectivity index (χ1v) is 9.62. The van der Waals surface area contributed by atoms with Crippen molar-refractivity contribution in [3.63, 3.8) is 0 Å². The zero-order chi connectivity index (χ0) is 18.6. The molecule has 9 nitrogen and oxygen atoms in total. The first-order chi connectivity index (χ1) is 13.3. The smallest absolute Gasteiger partial charge is 0.255 e. The van der Waals surface area contributed by atoms with Crippen LogP contribution in [0.25, 0.3) is 5.69 Å². The van der Waals surface area contributed by atoms with E-state index in [1.54, 1.807) is 7.11 Å². The fourth-order valence-electron chi connectivity index (χ4n) is 2.89. The van der Waals surface area contributed by atoms with E-state index < -0.39 is 0 Å². The molecule has 27 heavy (non-hydrogen) atoms. The largest absolute Gasteiger partial charge is 0.497 e. The van der Waals surface area contributed by atoms with E-state index in [4.69, 9.17) is 19.7 Å². The monoisotopic (exact) mass is 388 g/mol. The van der Waals surface area contributed by atoms with Crippen LogP contribution < -0.4 is 10.5 Å². The quantitative estimate of drug-likeness (QED) is 0.609. The van der Waals surface area contributed by atoms with Gasteiger partial charge in [-0.15, -0.1) is 10.2 Å². The molecule has 1 aromatic carbocycles. The molecule has 0 bridgehead atoms. The van der Waals surface area contributed by atoms with Crippen LogP contribution in [0, 0.1) is 0 Å². The molecule has 2 N–H and O–H groups in total. The highest BCUT2D eigenvalue weighted by Crippen LogP contribution is 2.29. The zero-order valence-corrected chi connectivity index (χ0v) is 15.7. The van der Waals surface area contributed by atoms with Gasteiger partial charge in [0.15, 0.2) is 16.8 Å². The van der Waals surface area contributed by atoms with Gasteiger partial charge >= 0.3 is 0 Å². The third kappa shape index (κ3) is 3.82. The highest BCUT2D eigenvalue weighted by Gasteiger charge is 2.24. The topological polar surface area (TPSA) is 114 Å². The molecule has 0 saturated carbocycles. The lowest BCUT2D eigenvalue weighted by Crippen LogP contribution is -2.08. The van der Waals surface area contributed by atoms with Crippen molar-refractivity contribution in [1.29, 1.82) is 0 Å². The van der Waals surface area contributed by atoms with Crippen LogP contribution in [-0.4, -0.2) is 38.6 Å². The summed E-state index contributed by atoms with van der Waals surface area (Å²) >= 11 is 1.47. The van der Waals surface area contributed by atoms with Gasteiger partial charge in [-0.3, -0.25) is 4.57 Å². The third-order valence-corrected chi connectivity index (χ3v) is 5.14. The molecule has 3 aromatic rings. The minimum atomic E-state index is -0.0828. The van der Waals surface area contributed by atoms with Gasteiger partial charge in [0.25, 0.3) is 5.89 Å². The maximum Gasteiger partial charge on any atom is 0.255 e. The minimum Gasteiger partial charge on any atom is -0.497 e. The van der Waals surface area contributed by atoms with Gasteiger partial charge in [-0.2, -0.15) is 4.98 Å². The van der Waals surface area contributed by atoms with Gasteiger partial charge in [0.2, 0.25) is 0 Å². The summed E-state index contributed by atoms with van der Waals surface area (Å²) in [5, 5.41) is 13.2. The second kappa shape index (κ2) is 8.07. The van der Waals surface area contributed by atoms with Crippen molar-refractivity contribution >= 4 is 11.8 Å². The summed E-state index contributed by atoms with van der Waals surface area (Å²) in [5.74, 6) is 3.06. The van der Waals surface area contributed by atoms with Crippen molar-refractivity contribution in [2.75, 3.05) is 13.7 Å². The number of thioether (sulfide) groups is 1. The molecule has 0 unspecified atom stereocenters. The van der Waals surface area contributed by atoms with Crippen molar-refractivity contribution in [3.05, 3.63) is 41.8 Å². The first kappa shape index (κ1) is 18.0. The Kier molecular flexibility index (Phi) is 5.37. The van der Waals surface area contributed by atoms with E-state index in [1.807, 2.05) is 28.8 Å². The number of nitrogens with two attached hydrogens (primary N) is 1. The third-order valence-electron chi connectivity index (χ3n) is 4.21. The Morgan fingerprint density at radius 1 is 1.37 bits per heavy atom. The molecular formula is C17H20N6O3S. The fraction of sp³-hybridized carbons (Fsp3) is 0.412. The van der Waals surface area contributed by atoms with Gasteiger partial charge in [-0.05, 0) is 25.0 Å². The molecule has 0 radical (unpaired) electrons. The van der Waals surface area contributed by atoms with Crippen LogP contribution >= 0.6 is 11.8 Å². The van der Waals surface area contributed by atoms with Crippen molar-refractivity contribution in [1.82, 2.24) is 24.9 Å². The molecule has 1 aliphatic rings. The number of hydrogen-bond acceptors (Lipinski definition) is 9. The van der Waals surface area contributed by atoms with Gasteiger partial charge in [-0.25, -0.2) is 0 Å². The molecule has 1 atom stereocenters. The molecule has 142 valence electrons. The van der Waals surface area contributed by atoms with E-state index in [-0.39, 0.29) is 12.6 Å². The molecule has 2 aromatic heterocycles.